The van der Waals surface area contributed by atoms with Gasteiger partial charge in [0.05, 0.1) is 10.6 Å². The van der Waals surface area contributed by atoms with Crippen molar-refractivity contribution in [3.05, 3.63) is 87.9 Å². The molecular formula is C23H21BrN2O3S2. The molecule has 1 amide bonds. The number of hydrogen-bond acceptors (Lipinski definition) is 4. The van der Waals surface area contributed by atoms with Crippen molar-refractivity contribution in [2.45, 2.75) is 24.1 Å². The van der Waals surface area contributed by atoms with E-state index in [0.717, 1.165) is 21.3 Å². The Labute approximate surface area is 195 Å². The van der Waals surface area contributed by atoms with Crippen molar-refractivity contribution in [2.75, 3.05) is 15.4 Å². The number of nitrogens with one attached hydrogen (secondary N) is 1. The Morgan fingerprint density at radius 3 is 2.45 bits per heavy atom. The lowest BCUT2D eigenvalue weighted by atomic mass is 10.1. The lowest BCUT2D eigenvalue weighted by Gasteiger charge is -2.25. The van der Waals surface area contributed by atoms with Crippen LogP contribution in [-0.2, 0) is 14.8 Å². The number of amides is 1. The van der Waals surface area contributed by atoms with Gasteiger partial charge in [0.15, 0.2) is 0 Å². The average Bonchev–Trinajstić information content (AvgIpc) is 3.12. The number of benzene rings is 3. The van der Waals surface area contributed by atoms with Crippen LogP contribution < -0.4 is 9.62 Å². The van der Waals surface area contributed by atoms with E-state index < -0.39 is 10.0 Å². The molecule has 0 saturated carbocycles. The Kier molecular flexibility index (Phi) is 6.14. The minimum absolute atomic E-state index is 0.0408. The highest BCUT2D eigenvalue weighted by Crippen LogP contribution is 2.42. The summed E-state index contributed by atoms with van der Waals surface area (Å²) in [7, 11) is -3.72. The minimum Gasteiger partial charge on any atom is -0.295 e. The maximum absolute atomic E-state index is 12.8. The molecule has 0 unspecified atom stereocenters. The Morgan fingerprint density at radius 2 is 1.74 bits per heavy atom. The van der Waals surface area contributed by atoms with Gasteiger partial charge in [0.25, 0.3) is 10.0 Å². The van der Waals surface area contributed by atoms with Crippen LogP contribution in [0.1, 0.15) is 22.1 Å². The van der Waals surface area contributed by atoms with Gasteiger partial charge in [-0.25, -0.2) is 8.42 Å². The zero-order valence-electron chi connectivity index (χ0n) is 17.0. The van der Waals surface area contributed by atoms with Gasteiger partial charge < -0.3 is 0 Å². The van der Waals surface area contributed by atoms with Crippen LogP contribution in [0.2, 0.25) is 0 Å². The van der Waals surface area contributed by atoms with Crippen molar-refractivity contribution in [1.29, 1.82) is 0 Å². The topological polar surface area (TPSA) is 66.5 Å². The summed E-state index contributed by atoms with van der Waals surface area (Å²) in [4.78, 5) is 14.6. The quantitative estimate of drug-likeness (QED) is 0.476. The molecule has 160 valence electrons. The predicted molar refractivity (Wildman–Crippen MR) is 130 cm³/mol. The summed E-state index contributed by atoms with van der Waals surface area (Å²) < 4.78 is 29.0. The molecule has 0 aromatic heterocycles. The second kappa shape index (κ2) is 8.68. The number of aryl methyl sites for hydroxylation is 2. The van der Waals surface area contributed by atoms with Gasteiger partial charge in [-0.15, -0.1) is 11.8 Å². The number of halogens is 1. The fourth-order valence-electron chi connectivity index (χ4n) is 3.41. The van der Waals surface area contributed by atoms with Crippen LogP contribution in [-0.4, -0.2) is 20.1 Å². The third-order valence-electron chi connectivity index (χ3n) is 5.18. The number of sulfonamides is 1. The Bertz CT molecular complexity index is 1240. The van der Waals surface area contributed by atoms with Gasteiger partial charge in [0.1, 0.15) is 5.37 Å². The molecule has 0 radical (unpaired) electrons. The molecule has 31 heavy (non-hydrogen) atoms. The van der Waals surface area contributed by atoms with E-state index in [0.29, 0.717) is 11.4 Å². The fourth-order valence-corrected chi connectivity index (χ4v) is 5.89. The normalized spacial score (nSPS) is 16.5. The first-order chi connectivity index (χ1) is 14.7. The molecule has 0 bridgehead atoms. The zero-order chi connectivity index (χ0) is 22.2. The van der Waals surface area contributed by atoms with Crippen LogP contribution >= 0.6 is 27.7 Å². The zero-order valence-corrected chi connectivity index (χ0v) is 20.2. The van der Waals surface area contributed by atoms with Gasteiger partial charge in [-0.3, -0.25) is 14.4 Å². The summed E-state index contributed by atoms with van der Waals surface area (Å²) in [5.74, 6) is 0.422. The molecule has 0 spiro atoms. The second-order valence-corrected chi connectivity index (χ2v) is 11.0. The smallest absolute Gasteiger partial charge is 0.261 e. The number of hydrogen-bond donors (Lipinski definition) is 1. The molecule has 1 atom stereocenters. The summed E-state index contributed by atoms with van der Waals surface area (Å²) >= 11 is 4.85. The first kappa shape index (κ1) is 21.9. The van der Waals surface area contributed by atoms with Crippen LogP contribution in [0.3, 0.4) is 0 Å². The maximum Gasteiger partial charge on any atom is 0.261 e. The Hall–Kier alpha value is -2.29. The number of nitrogens with zero attached hydrogens (tertiary/aromatic N) is 1. The number of carbonyl (C=O) groups is 1. The Balaban J connectivity index is 1.63. The summed E-state index contributed by atoms with van der Waals surface area (Å²) in [5.41, 5.74) is 4.47. The molecule has 0 aliphatic carbocycles. The van der Waals surface area contributed by atoms with Crippen LogP contribution in [0.15, 0.2) is 76.1 Å². The molecule has 1 saturated heterocycles. The lowest BCUT2D eigenvalue weighted by molar-refractivity contribution is -0.115. The van der Waals surface area contributed by atoms with Crippen molar-refractivity contribution in [3.8, 4) is 0 Å². The van der Waals surface area contributed by atoms with Gasteiger partial charge in [-0.05, 0) is 79.1 Å². The monoisotopic (exact) mass is 516 g/mol. The van der Waals surface area contributed by atoms with Gasteiger partial charge >= 0.3 is 0 Å². The number of carbonyl (C=O) groups excluding carboxylic acids is 1. The Morgan fingerprint density at radius 1 is 1.00 bits per heavy atom. The summed E-state index contributed by atoms with van der Waals surface area (Å²) in [5, 5.41) is -0.216. The number of anilines is 2. The first-order valence-corrected chi connectivity index (χ1v) is 13.0. The standard InChI is InChI=1S/C23H21BrN2O3S2/c1-15-6-9-20(12-16(15)2)26-22(27)14-30-23(26)17-4-3-5-19(13-17)25-31(28,29)21-10-7-18(24)8-11-21/h3-13,23,25H,14H2,1-2H3/t23-/m0/s1. The summed E-state index contributed by atoms with van der Waals surface area (Å²) in [6, 6.07) is 19.7. The van der Waals surface area contributed by atoms with Crippen molar-refractivity contribution >= 4 is 55.0 Å². The van der Waals surface area contributed by atoms with Gasteiger partial charge in [0, 0.05) is 15.8 Å². The molecule has 4 rings (SSSR count). The van der Waals surface area contributed by atoms with Crippen molar-refractivity contribution in [2.24, 2.45) is 0 Å². The average molecular weight is 517 g/mol. The van der Waals surface area contributed by atoms with Crippen LogP contribution in [0.4, 0.5) is 11.4 Å². The van der Waals surface area contributed by atoms with Crippen molar-refractivity contribution < 1.29 is 13.2 Å². The molecule has 1 heterocycles. The minimum atomic E-state index is -3.72. The van der Waals surface area contributed by atoms with E-state index in [-0.39, 0.29) is 16.2 Å². The van der Waals surface area contributed by atoms with Crippen molar-refractivity contribution in [3.63, 3.8) is 0 Å². The molecule has 1 aliphatic rings. The van der Waals surface area contributed by atoms with Gasteiger partial charge in [0.2, 0.25) is 5.91 Å². The molecule has 3 aromatic carbocycles. The van der Waals surface area contributed by atoms with E-state index >= 15 is 0 Å². The molecule has 1 N–H and O–H groups in total. The third kappa shape index (κ3) is 4.66. The van der Waals surface area contributed by atoms with Crippen molar-refractivity contribution in [1.82, 2.24) is 0 Å². The van der Waals surface area contributed by atoms with E-state index in [1.807, 2.05) is 38.1 Å². The van der Waals surface area contributed by atoms with E-state index in [1.165, 1.54) is 17.3 Å². The number of rotatable bonds is 5. The lowest BCUT2D eigenvalue weighted by Crippen LogP contribution is -2.28. The highest BCUT2D eigenvalue weighted by molar-refractivity contribution is 9.10. The summed E-state index contributed by atoms with van der Waals surface area (Å²) in [6.07, 6.45) is 0. The largest absolute Gasteiger partial charge is 0.295 e. The number of thioether (sulfide) groups is 1. The first-order valence-electron chi connectivity index (χ1n) is 9.64. The van der Waals surface area contributed by atoms with Gasteiger partial charge in [-0.2, -0.15) is 0 Å². The summed E-state index contributed by atoms with van der Waals surface area (Å²) in [6.45, 7) is 4.07. The van der Waals surface area contributed by atoms with E-state index in [9.17, 15) is 13.2 Å². The van der Waals surface area contributed by atoms with E-state index in [1.54, 1.807) is 47.4 Å². The van der Waals surface area contributed by atoms with Crippen LogP contribution in [0, 0.1) is 13.8 Å². The fraction of sp³-hybridized carbons (Fsp3) is 0.174. The predicted octanol–water partition coefficient (Wildman–Crippen LogP) is 5.65. The highest BCUT2D eigenvalue weighted by Gasteiger charge is 2.34. The highest BCUT2D eigenvalue weighted by atomic mass is 79.9. The van der Waals surface area contributed by atoms with Crippen LogP contribution in [0.5, 0.6) is 0 Å². The molecule has 3 aromatic rings. The van der Waals surface area contributed by atoms with E-state index in [4.69, 9.17) is 0 Å². The molecule has 1 fully saturated rings. The maximum atomic E-state index is 12.8. The molecular weight excluding hydrogens is 496 g/mol. The molecule has 8 heteroatoms. The molecule has 1 aliphatic heterocycles. The molecule has 5 nitrogen and oxygen atoms in total. The van der Waals surface area contributed by atoms with Gasteiger partial charge in [-0.1, -0.05) is 34.1 Å². The second-order valence-electron chi connectivity index (χ2n) is 7.38. The van der Waals surface area contributed by atoms with Crippen LogP contribution in [0.25, 0.3) is 0 Å². The third-order valence-corrected chi connectivity index (χ3v) is 8.32. The van der Waals surface area contributed by atoms with E-state index in [2.05, 4.69) is 20.7 Å². The SMILES string of the molecule is Cc1ccc(N2C(=O)CS[C@H]2c2cccc(NS(=O)(=O)c3ccc(Br)cc3)c2)cc1C.